The highest BCUT2D eigenvalue weighted by atomic mass is 35.5. The largest absolute Gasteiger partial charge is 0.493 e. The van der Waals surface area contributed by atoms with Gasteiger partial charge in [-0.3, -0.25) is 4.79 Å². The zero-order chi connectivity index (χ0) is 24.3. The first-order chi connectivity index (χ1) is 15.7. The minimum atomic E-state index is -3.43. The predicted molar refractivity (Wildman–Crippen MR) is 130 cm³/mol. The van der Waals surface area contributed by atoms with Crippen LogP contribution in [0.3, 0.4) is 0 Å². The fraction of sp³-hybridized carbons (Fsp3) is 0.375. The van der Waals surface area contributed by atoms with Crippen LogP contribution in [0.2, 0.25) is 5.02 Å². The molecule has 0 aliphatic heterocycles. The van der Waals surface area contributed by atoms with Gasteiger partial charge in [0.15, 0.2) is 11.5 Å². The van der Waals surface area contributed by atoms with Gasteiger partial charge in [0.2, 0.25) is 15.9 Å². The van der Waals surface area contributed by atoms with Crippen LogP contribution >= 0.6 is 11.6 Å². The third kappa shape index (κ3) is 10.2. The number of methoxy groups -OCH3 is 1. The Morgan fingerprint density at radius 1 is 1.18 bits per heavy atom. The third-order valence-corrected chi connectivity index (χ3v) is 6.37. The van der Waals surface area contributed by atoms with Gasteiger partial charge in [-0.25, -0.2) is 13.1 Å². The fourth-order valence-electron chi connectivity index (χ4n) is 3.00. The van der Waals surface area contributed by atoms with Crippen LogP contribution < -0.4 is 19.9 Å². The number of hydrogen-bond donors (Lipinski definition) is 2. The molecule has 0 aromatic heterocycles. The molecule has 7 nitrogen and oxygen atoms in total. The lowest BCUT2D eigenvalue weighted by Gasteiger charge is -2.12. The number of hydrogen-bond acceptors (Lipinski definition) is 5. The van der Waals surface area contributed by atoms with Gasteiger partial charge in [0.25, 0.3) is 0 Å². The molecule has 33 heavy (non-hydrogen) atoms. The first-order valence-corrected chi connectivity index (χ1v) is 12.5. The maximum absolute atomic E-state index is 12.2. The van der Waals surface area contributed by atoms with E-state index in [0.717, 1.165) is 11.1 Å². The number of rotatable bonds is 12. The summed E-state index contributed by atoms with van der Waals surface area (Å²) in [6.07, 6.45) is 1.14. The van der Waals surface area contributed by atoms with E-state index in [2.05, 4.69) is 16.6 Å². The molecule has 3 N–H and O–H groups in total. The average molecular weight is 493 g/mol. The second-order valence-electron chi connectivity index (χ2n) is 7.63. The van der Waals surface area contributed by atoms with Crippen molar-refractivity contribution in [3.63, 3.8) is 0 Å². The van der Waals surface area contributed by atoms with Crippen molar-refractivity contribution in [3.05, 3.63) is 58.6 Å². The number of ether oxygens (including phenoxy) is 2. The summed E-state index contributed by atoms with van der Waals surface area (Å²) < 4.78 is 38.0. The average Bonchev–Trinajstić information content (AvgIpc) is 2.76. The molecular formula is C24H29ClN2O5S. The molecule has 0 saturated heterocycles. The number of carbonyl (C=O) groups is 1. The Balaban J connectivity index is 1.83. The normalized spacial score (nSPS) is 11.8. The van der Waals surface area contributed by atoms with Crippen molar-refractivity contribution in [3.8, 4) is 23.3 Å². The zero-order valence-corrected chi connectivity index (χ0v) is 20.3. The van der Waals surface area contributed by atoms with E-state index in [4.69, 9.17) is 26.8 Å². The van der Waals surface area contributed by atoms with Crippen LogP contribution in [-0.4, -0.2) is 40.3 Å². The van der Waals surface area contributed by atoms with Crippen LogP contribution in [0.1, 0.15) is 30.9 Å². The van der Waals surface area contributed by atoms with Crippen LogP contribution in [0.4, 0.5) is 0 Å². The number of benzene rings is 2. The highest BCUT2D eigenvalue weighted by Gasteiger charge is 2.14. The van der Waals surface area contributed by atoms with E-state index in [9.17, 15) is 13.2 Å². The molecule has 0 aliphatic carbocycles. The van der Waals surface area contributed by atoms with Crippen molar-refractivity contribution in [2.45, 2.75) is 26.2 Å². The Bertz CT molecular complexity index is 1090. The number of nitrogens with two attached hydrogens (primary N) is 1. The topological polar surface area (TPSA) is 108 Å². The van der Waals surface area contributed by atoms with Crippen LogP contribution in [0.5, 0.6) is 11.5 Å². The van der Waals surface area contributed by atoms with Gasteiger partial charge in [-0.1, -0.05) is 36.4 Å². The molecule has 1 unspecified atom stereocenters. The molecule has 0 aliphatic rings. The minimum absolute atomic E-state index is 0.0167. The summed E-state index contributed by atoms with van der Waals surface area (Å²) in [4.78, 5) is 10.9. The lowest BCUT2D eigenvalue weighted by atomic mass is 10.1. The Morgan fingerprint density at radius 3 is 2.58 bits per heavy atom. The number of amides is 1. The van der Waals surface area contributed by atoms with Crippen molar-refractivity contribution < 1.29 is 22.7 Å². The molecule has 0 saturated carbocycles. The molecule has 1 atom stereocenters. The number of aryl methyl sites for hydroxylation is 1. The number of nitrogens with one attached hydrogen (secondary N) is 1. The van der Waals surface area contributed by atoms with Crippen LogP contribution in [0, 0.1) is 17.8 Å². The van der Waals surface area contributed by atoms with Crippen LogP contribution in [-0.2, 0) is 21.2 Å². The zero-order valence-electron chi connectivity index (χ0n) is 18.8. The molecule has 2 aromatic carbocycles. The molecule has 178 valence electrons. The lowest BCUT2D eigenvalue weighted by Crippen LogP contribution is -2.32. The molecule has 0 spiro atoms. The van der Waals surface area contributed by atoms with Gasteiger partial charge in [-0.15, -0.1) is 0 Å². The predicted octanol–water partition coefficient (Wildman–Crippen LogP) is 3.14. The molecule has 2 aromatic rings. The standard InChI is InChI=1S/C24H29ClN2O5S/c1-18(15-24(26)28)17-27-33(29,30)14-4-6-20-9-12-22(23(16-20)31-2)32-13-3-5-19-7-10-21(25)11-8-19/h7-12,16,18,27H,4,6,13-15,17H2,1-2H3,(H2,26,28). The van der Waals surface area contributed by atoms with Gasteiger partial charge in [0.05, 0.1) is 12.9 Å². The Labute approximate surface area is 200 Å². The van der Waals surface area contributed by atoms with Gasteiger partial charge in [-0.05, 0) is 60.7 Å². The van der Waals surface area contributed by atoms with Crippen molar-refractivity contribution in [1.82, 2.24) is 4.72 Å². The Kier molecular flexibility index (Phi) is 10.5. The number of sulfonamides is 1. The summed E-state index contributed by atoms with van der Waals surface area (Å²) in [6.45, 7) is 2.15. The number of halogens is 1. The van der Waals surface area contributed by atoms with E-state index in [1.54, 1.807) is 32.2 Å². The maximum atomic E-state index is 12.2. The first-order valence-electron chi connectivity index (χ1n) is 10.5. The molecule has 2 rings (SSSR count). The highest BCUT2D eigenvalue weighted by Crippen LogP contribution is 2.28. The van der Waals surface area contributed by atoms with E-state index >= 15 is 0 Å². The Hall–Kier alpha value is -2.73. The molecule has 0 radical (unpaired) electrons. The summed E-state index contributed by atoms with van der Waals surface area (Å²) in [6, 6.07) is 12.7. The van der Waals surface area contributed by atoms with Crippen LogP contribution in [0.15, 0.2) is 42.5 Å². The van der Waals surface area contributed by atoms with Gasteiger partial charge < -0.3 is 15.2 Å². The van der Waals surface area contributed by atoms with Crippen molar-refractivity contribution in [2.24, 2.45) is 11.7 Å². The first kappa shape index (κ1) is 26.5. The molecular weight excluding hydrogens is 464 g/mol. The number of carbonyl (C=O) groups excluding carboxylic acids is 1. The molecule has 1 amide bonds. The third-order valence-electron chi connectivity index (χ3n) is 4.68. The summed E-state index contributed by atoms with van der Waals surface area (Å²) in [5.41, 5.74) is 6.91. The van der Waals surface area contributed by atoms with Crippen LogP contribution in [0.25, 0.3) is 0 Å². The van der Waals surface area contributed by atoms with Crippen molar-refractivity contribution in [2.75, 3.05) is 26.0 Å². The van der Waals surface area contributed by atoms with E-state index < -0.39 is 15.9 Å². The molecule has 0 bridgehead atoms. The van der Waals surface area contributed by atoms with E-state index in [0.29, 0.717) is 29.4 Å². The highest BCUT2D eigenvalue weighted by molar-refractivity contribution is 7.89. The van der Waals surface area contributed by atoms with E-state index in [-0.39, 0.29) is 31.2 Å². The molecule has 0 heterocycles. The van der Waals surface area contributed by atoms with E-state index in [1.165, 1.54) is 0 Å². The second kappa shape index (κ2) is 13.1. The van der Waals surface area contributed by atoms with Gasteiger partial charge in [0.1, 0.15) is 6.61 Å². The summed E-state index contributed by atoms with van der Waals surface area (Å²) in [5, 5.41) is 0.658. The summed E-state index contributed by atoms with van der Waals surface area (Å²) in [5.74, 6) is 6.45. The SMILES string of the molecule is COc1cc(CCCS(=O)(=O)NCC(C)CC(N)=O)ccc1OCC#Cc1ccc(Cl)cc1. The Morgan fingerprint density at radius 2 is 1.91 bits per heavy atom. The van der Waals surface area contributed by atoms with Gasteiger partial charge in [-0.2, -0.15) is 0 Å². The lowest BCUT2D eigenvalue weighted by molar-refractivity contribution is -0.118. The van der Waals surface area contributed by atoms with Crippen molar-refractivity contribution in [1.29, 1.82) is 0 Å². The quantitative estimate of drug-likeness (QED) is 0.442. The van der Waals surface area contributed by atoms with Gasteiger partial charge >= 0.3 is 0 Å². The summed E-state index contributed by atoms with van der Waals surface area (Å²) in [7, 11) is -1.88. The maximum Gasteiger partial charge on any atom is 0.217 e. The summed E-state index contributed by atoms with van der Waals surface area (Å²) >= 11 is 5.86. The monoisotopic (exact) mass is 492 g/mol. The minimum Gasteiger partial charge on any atom is -0.493 e. The van der Waals surface area contributed by atoms with E-state index in [1.807, 2.05) is 24.3 Å². The smallest absolute Gasteiger partial charge is 0.217 e. The van der Waals surface area contributed by atoms with Gasteiger partial charge in [0, 0.05) is 23.6 Å². The van der Waals surface area contributed by atoms with Crippen molar-refractivity contribution >= 4 is 27.5 Å². The molecule has 9 heteroatoms. The fourth-order valence-corrected chi connectivity index (χ4v) is 4.33. The second-order valence-corrected chi connectivity index (χ2v) is 9.99. The molecule has 0 fully saturated rings. The number of primary amides is 1.